The Morgan fingerprint density at radius 1 is 1.35 bits per heavy atom. The van der Waals surface area contributed by atoms with Crippen molar-refractivity contribution >= 4 is 5.78 Å². The van der Waals surface area contributed by atoms with Crippen molar-refractivity contribution in [3.63, 3.8) is 0 Å². The van der Waals surface area contributed by atoms with Crippen LogP contribution in [0.15, 0.2) is 12.1 Å². The minimum absolute atomic E-state index is 0.154. The highest BCUT2D eigenvalue weighted by Gasteiger charge is 2.23. The SMILES string of the molecule is CCCC(CN)C(=O)c1ccc(C)c(F)c1F. The van der Waals surface area contributed by atoms with Gasteiger partial charge in [0.05, 0.1) is 5.56 Å². The van der Waals surface area contributed by atoms with Crippen molar-refractivity contribution in [1.29, 1.82) is 0 Å². The molecule has 0 fully saturated rings. The average molecular weight is 241 g/mol. The van der Waals surface area contributed by atoms with Gasteiger partial charge in [0.1, 0.15) is 0 Å². The van der Waals surface area contributed by atoms with E-state index < -0.39 is 23.3 Å². The number of carbonyl (C=O) groups excluding carboxylic acids is 1. The molecule has 1 atom stereocenters. The first-order chi connectivity index (χ1) is 8.02. The van der Waals surface area contributed by atoms with Gasteiger partial charge >= 0.3 is 0 Å². The minimum Gasteiger partial charge on any atom is -0.330 e. The van der Waals surface area contributed by atoms with Crippen molar-refractivity contribution in [1.82, 2.24) is 0 Å². The zero-order chi connectivity index (χ0) is 13.0. The molecule has 2 nitrogen and oxygen atoms in total. The molecule has 0 heterocycles. The molecule has 0 radical (unpaired) electrons. The minimum atomic E-state index is -1.07. The fraction of sp³-hybridized carbons (Fsp3) is 0.462. The van der Waals surface area contributed by atoms with E-state index in [0.29, 0.717) is 6.42 Å². The van der Waals surface area contributed by atoms with Gasteiger partial charge in [0.15, 0.2) is 17.4 Å². The van der Waals surface area contributed by atoms with Crippen molar-refractivity contribution in [2.24, 2.45) is 11.7 Å². The number of carbonyl (C=O) groups is 1. The quantitative estimate of drug-likeness (QED) is 0.805. The lowest BCUT2D eigenvalue weighted by molar-refractivity contribution is 0.0912. The maximum absolute atomic E-state index is 13.6. The summed E-state index contributed by atoms with van der Waals surface area (Å²) in [7, 11) is 0. The van der Waals surface area contributed by atoms with Gasteiger partial charge in [-0.15, -0.1) is 0 Å². The van der Waals surface area contributed by atoms with E-state index >= 15 is 0 Å². The third kappa shape index (κ3) is 2.88. The molecule has 0 saturated heterocycles. The van der Waals surface area contributed by atoms with E-state index in [1.807, 2.05) is 6.92 Å². The summed E-state index contributed by atoms with van der Waals surface area (Å²) < 4.78 is 27.0. The number of rotatable bonds is 5. The molecule has 0 aromatic heterocycles. The van der Waals surface area contributed by atoms with Gasteiger partial charge in [-0.1, -0.05) is 19.4 Å². The first-order valence-electron chi connectivity index (χ1n) is 5.71. The molecule has 1 aromatic carbocycles. The van der Waals surface area contributed by atoms with Crippen molar-refractivity contribution in [3.8, 4) is 0 Å². The second-order valence-corrected chi connectivity index (χ2v) is 4.14. The standard InChI is InChI=1S/C13H17F2NO/c1-3-4-9(7-16)13(17)10-6-5-8(2)11(14)12(10)15/h5-6,9H,3-4,7,16H2,1-2H3. The summed E-state index contributed by atoms with van der Waals surface area (Å²) in [4.78, 5) is 12.0. The van der Waals surface area contributed by atoms with E-state index in [1.165, 1.54) is 19.1 Å². The Balaban J connectivity index is 3.08. The smallest absolute Gasteiger partial charge is 0.170 e. The maximum Gasteiger partial charge on any atom is 0.170 e. The van der Waals surface area contributed by atoms with Crippen LogP contribution in [0.3, 0.4) is 0 Å². The number of halogens is 2. The summed E-state index contributed by atoms with van der Waals surface area (Å²) in [5, 5.41) is 0. The molecule has 0 aliphatic rings. The second-order valence-electron chi connectivity index (χ2n) is 4.14. The summed E-state index contributed by atoms with van der Waals surface area (Å²) in [6.07, 6.45) is 1.37. The number of Topliss-reactive ketones (excluding diaryl/α,β-unsaturated/α-hetero) is 1. The normalized spacial score (nSPS) is 12.5. The lowest BCUT2D eigenvalue weighted by Gasteiger charge is -2.13. The van der Waals surface area contributed by atoms with E-state index in [1.54, 1.807) is 0 Å². The molecule has 0 aliphatic heterocycles. The second kappa shape index (κ2) is 5.87. The monoisotopic (exact) mass is 241 g/mol. The Kier molecular flexibility index (Phi) is 4.75. The molecule has 0 aliphatic carbocycles. The highest BCUT2D eigenvalue weighted by molar-refractivity contribution is 5.98. The van der Waals surface area contributed by atoms with Gasteiger partial charge < -0.3 is 5.73 Å². The highest BCUT2D eigenvalue weighted by atomic mass is 19.2. The lowest BCUT2D eigenvalue weighted by Crippen LogP contribution is -2.24. The molecule has 17 heavy (non-hydrogen) atoms. The number of aryl methyl sites for hydroxylation is 1. The fourth-order valence-electron chi connectivity index (χ4n) is 1.76. The molecule has 1 rings (SSSR count). The zero-order valence-electron chi connectivity index (χ0n) is 10.1. The predicted molar refractivity (Wildman–Crippen MR) is 62.9 cm³/mol. The van der Waals surface area contributed by atoms with Gasteiger partial charge in [-0.25, -0.2) is 8.78 Å². The summed E-state index contributed by atoms with van der Waals surface area (Å²) in [5.41, 5.74) is 5.47. The van der Waals surface area contributed by atoms with Crippen LogP contribution in [0, 0.1) is 24.5 Å². The topological polar surface area (TPSA) is 43.1 Å². The molecule has 1 aromatic rings. The van der Waals surface area contributed by atoms with E-state index in [4.69, 9.17) is 5.73 Å². The van der Waals surface area contributed by atoms with Gasteiger partial charge in [0, 0.05) is 12.5 Å². The largest absolute Gasteiger partial charge is 0.330 e. The molecule has 0 amide bonds. The molecular weight excluding hydrogens is 224 g/mol. The molecule has 4 heteroatoms. The Labute approximate surface area is 99.8 Å². The van der Waals surface area contributed by atoms with Crippen molar-refractivity contribution in [2.75, 3.05) is 6.54 Å². The van der Waals surface area contributed by atoms with Gasteiger partial charge in [0.2, 0.25) is 0 Å². The van der Waals surface area contributed by atoms with Gasteiger partial charge in [-0.05, 0) is 25.0 Å². The van der Waals surface area contributed by atoms with Crippen molar-refractivity contribution < 1.29 is 13.6 Å². The van der Waals surface area contributed by atoms with Gasteiger partial charge in [-0.2, -0.15) is 0 Å². The third-order valence-electron chi connectivity index (χ3n) is 2.83. The number of nitrogens with two attached hydrogens (primary N) is 1. The van der Waals surface area contributed by atoms with Crippen LogP contribution in [0.2, 0.25) is 0 Å². The van der Waals surface area contributed by atoms with Crippen LogP contribution in [0.25, 0.3) is 0 Å². The average Bonchev–Trinajstić information content (AvgIpc) is 2.32. The maximum atomic E-state index is 13.6. The van der Waals surface area contributed by atoms with Crippen LogP contribution in [0.1, 0.15) is 35.7 Å². The van der Waals surface area contributed by atoms with E-state index in [-0.39, 0.29) is 17.7 Å². The van der Waals surface area contributed by atoms with Crippen LogP contribution < -0.4 is 5.73 Å². The van der Waals surface area contributed by atoms with Crippen molar-refractivity contribution in [2.45, 2.75) is 26.7 Å². The van der Waals surface area contributed by atoms with Crippen LogP contribution in [-0.4, -0.2) is 12.3 Å². The summed E-state index contributed by atoms with van der Waals surface area (Å²) in [5.74, 6) is -2.87. The number of benzene rings is 1. The van der Waals surface area contributed by atoms with E-state index in [9.17, 15) is 13.6 Å². The zero-order valence-corrected chi connectivity index (χ0v) is 10.1. The van der Waals surface area contributed by atoms with E-state index in [0.717, 1.165) is 6.42 Å². The molecule has 94 valence electrons. The molecule has 0 saturated carbocycles. The molecule has 2 N–H and O–H groups in total. The fourth-order valence-corrected chi connectivity index (χ4v) is 1.76. The third-order valence-corrected chi connectivity index (χ3v) is 2.83. The van der Waals surface area contributed by atoms with Crippen molar-refractivity contribution in [3.05, 3.63) is 34.9 Å². The van der Waals surface area contributed by atoms with Crippen LogP contribution in [0.4, 0.5) is 8.78 Å². The Morgan fingerprint density at radius 2 is 2.00 bits per heavy atom. The predicted octanol–water partition coefficient (Wildman–Crippen LogP) is 2.83. The van der Waals surface area contributed by atoms with Gasteiger partial charge in [-0.3, -0.25) is 4.79 Å². The lowest BCUT2D eigenvalue weighted by atomic mass is 9.92. The first kappa shape index (κ1) is 13.8. The molecule has 1 unspecified atom stereocenters. The highest BCUT2D eigenvalue weighted by Crippen LogP contribution is 2.20. The van der Waals surface area contributed by atoms with Crippen LogP contribution >= 0.6 is 0 Å². The molecule has 0 spiro atoms. The first-order valence-corrected chi connectivity index (χ1v) is 5.71. The Hall–Kier alpha value is -1.29. The Morgan fingerprint density at radius 3 is 2.53 bits per heavy atom. The van der Waals surface area contributed by atoms with Crippen LogP contribution in [0.5, 0.6) is 0 Å². The van der Waals surface area contributed by atoms with E-state index in [2.05, 4.69) is 0 Å². The summed E-state index contributed by atoms with van der Waals surface area (Å²) >= 11 is 0. The summed E-state index contributed by atoms with van der Waals surface area (Å²) in [6.45, 7) is 3.53. The summed E-state index contributed by atoms with van der Waals surface area (Å²) in [6, 6.07) is 2.74. The Bertz CT molecular complexity index is 418. The van der Waals surface area contributed by atoms with Gasteiger partial charge in [0.25, 0.3) is 0 Å². The van der Waals surface area contributed by atoms with Crippen LogP contribution in [-0.2, 0) is 0 Å². The number of hydrogen-bond acceptors (Lipinski definition) is 2. The number of ketones is 1. The molecular formula is C13H17F2NO. The molecule has 0 bridgehead atoms. The number of hydrogen-bond donors (Lipinski definition) is 1.